The lowest BCUT2D eigenvalue weighted by Crippen LogP contribution is -2.55. The quantitative estimate of drug-likeness (QED) is 0.847. The Morgan fingerprint density at radius 3 is 2.80 bits per heavy atom. The molecule has 20 heavy (non-hydrogen) atoms. The molecule has 6 heteroatoms. The Bertz CT molecular complexity index is 454. The summed E-state index contributed by atoms with van der Waals surface area (Å²) in [4.78, 5) is 16.4. The van der Waals surface area contributed by atoms with Crippen LogP contribution in [0.25, 0.3) is 0 Å². The number of hydrogen-bond acceptors (Lipinski definition) is 5. The van der Waals surface area contributed by atoms with E-state index in [1.54, 1.807) is 11.8 Å². The maximum Gasteiger partial charge on any atom is 0.262 e. The smallest absolute Gasteiger partial charge is 0.262 e. The highest BCUT2D eigenvalue weighted by atomic mass is 32.2. The van der Waals surface area contributed by atoms with Gasteiger partial charge in [0.2, 0.25) is 0 Å². The fraction of sp³-hybridized carbons (Fsp3) is 0.643. The van der Waals surface area contributed by atoms with E-state index in [1.165, 1.54) is 11.3 Å². The summed E-state index contributed by atoms with van der Waals surface area (Å²) in [6.07, 6.45) is 3.92. The Morgan fingerprint density at radius 1 is 1.50 bits per heavy atom. The Hall–Kier alpha value is -0.560. The van der Waals surface area contributed by atoms with Gasteiger partial charge in [0.15, 0.2) is 0 Å². The first-order valence-corrected chi connectivity index (χ1v) is 8.84. The van der Waals surface area contributed by atoms with E-state index in [0.717, 1.165) is 35.8 Å². The summed E-state index contributed by atoms with van der Waals surface area (Å²) >= 11 is 3.12. The number of carbonyl (C=O) groups excluding carboxylic acids is 1. The molecule has 1 amide bonds. The predicted molar refractivity (Wildman–Crippen MR) is 84.9 cm³/mol. The first-order valence-electron chi connectivity index (χ1n) is 6.74. The van der Waals surface area contributed by atoms with Crippen molar-refractivity contribution in [3.63, 3.8) is 0 Å². The fourth-order valence-electron chi connectivity index (χ4n) is 2.48. The van der Waals surface area contributed by atoms with Crippen LogP contribution < -0.4 is 5.32 Å². The van der Waals surface area contributed by atoms with Crippen molar-refractivity contribution >= 4 is 29.0 Å². The Balaban J connectivity index is 2.01. The van der Waals surface area contributed by atoms with E-state index in [9.17, 15) is 4.79 Å². The van der Waals surface area contributed by atoms with Crippen molar-refractivity contribution < 1.29 is 9.53 Å². The molecule has 0 radical (unpaired) electrons. The number of likely N-dealkylation sites (N-methyl/N-ethyl adjacent to an activating group) is 1. The molecule has 0 atom stereocenters. The molecule has 0 aromatic carbocycles. The molecule has 1 aromatic rings. The number of ether oxygens (including phenoxy) is 1. The molecule has 1 aromatic heterocycles. The van der Waals surface area contributed by atoms with Gasteiger partial charge in [0.05, 0.1) is 0 Å². The van der Waals surface area contributed by atoms with Crippen molar-refractivity contribution in [2.24, 2.45) is 0 Å². The van der Waals surface area contributed by atoms with Crippen LogP contribution in [0.4, 0.5) is 0 Å². The number of carbonyl (C=O) groups is 1. The molecule has 0 unspecified atom stereocenters. The van der Waals surface area contributed by atoms with Crippen LogP contribution in [-0.4, -0.2) is 56.5 Å². The van der Waals surface area contributed by atoms with Gasteiger partial charge in [0.1, 0.15) is 4.88 Å². The molecular formula is C14H22N2O2S2. The number of amides is 1. The number of nitrogens with one attached hydrogen (secondary N) is 1. The number of hydrogen-bond donors (Lipinski definition) is 1. The molecule has 0 aliphatic carbocycles. The van der Waals surface area contributed by atoms with Crippen LogP contribution in [0.2, 0.25) is 0 Å². The van der Waals surface area contributed by atoms with Crippen LogP contribution in [0.1, 0.15) is 22.5 Å². The van der Waals surface area contributed by atoms with Crippen molar-refractivity contribution in [1.29, 1.82) is 0 Å². The van der Waals surface area contributed by atoms with Gasteiger partial charge >= 0.3 is 0 Å². The zero-order valence-electron chi connectivity index (χ0n) is 12.3. The van der Waals surface area contributed by atoms with Gasteiger partial charge in [-0.3, -0.25) is 4.79 Å². The molecule has 0 bridgehead atoms. The van der Waals surface area contributed by atoms with E-state index in [4.69, 9.17) is 4.74 Å². The number of rotatable bonds is 5. The average molecular weight is 314 g/mol. The summed E-state index contributed by atoms with van der Waals surface area (Å²) in [6.45, 7) is 2.21. The molecular weight excluding hydrogens is 292 g/mol. The Kier molecular flexibility index (Phi) is 5.49. The summed E-state index contributed by atoms with van der Waals surface area (Å²) in [5.74, 6) is 0.0390. The van der Waals surface area contributed by atoms with Crippen LogP contribution in [0.5, 0.6) is 0 Å². The minimum absolute atomic E-state index is 0.0185. The molecule has 4 nitrogen and oxygen atoms in total. The topological polar surface area (TPSA) is 41.6 Å². The van der Waals surface area contributed by atoms with Crippen LogP contribution in [0.3, 0.4) is 0 Å². The SMILES string of the molecule is CSc1ccsc1C(=O)NCC1(N(C)C)CCOCC1. The van der Waals surface area contributed by atoms with E-state index < -0.39 is 0 Å². The van der Waals surface area contributed by atoms with Gasteiger partial charge in [-0.25, -0.2) is 0 Å². The van der Waals surface area contributed by atoms with Gasteiger partial charge in [-0.1, -0.05) is 0 Å². The van der Waals surface area contributed by atoms with Gasteiger partial charge in [0, 0.05) is 30.2 Å². The maximum absolute atomic E-state index is 12.3. The van der Waals surface area contributed by atoms with Crippen molar-refractivity contribution in [1.82, 2.24) is 10.2 Å². The standard InChI is InChI=1S/C14H22N2O2S2/c1-16(2)14(5-7-18-8-6-14)10-15-13(17)12-11(19-3)4-9-20-12/h4,9H,5-8,10H2,1-3H3,(H,15,17). The second-order valence-corrected chi connectivity index (χ2v) is 7.00. The van der Waals surface area contributed by atoms with Gasteiger partial charge in [0.25, 0.3) is 5.91 Å². The molecule has 112 valence electrons. The Labute approximate surface area is 128 Å². The van der Waals surface area contributed by atoms with E-state index in [2.05, 4.69) is 24.3 Å². The van der Waals surface area contributed by atoms with E-state index in [0.29, 0.717) is 6.54 Å². The van der Waals surface area contributed by atoms with Crippen LogP contribution in [0, 0.1) is 0 Å². The first-order chi connectivity index (χ1) is 9.59. The molecule has 0 saturated carbocycles. The van der Waals surface area contributed by atoms with Crippen LogP contribution in [-0.2, 0) is 4.74 Å². The fourth-order valence-corrected chi connectivity index (χ4v) is 4.15. The lowest BCUT2D eigenvalue weighted by Gasteiger charge is -2.42. The summed E-state index contributed by atoms with van der Waals surface area (Å²) in [6, 6.07) is 2.00. The molecule has 2 rings (SSSR count). The second kappa shape index (κ2) is 6.93. The molecule has 1 aliphatic heterocycles. The van der Waals surface area contributed by atoms with Crippen LogP contribution in [0.15, 0.2) is 16.3 Å². The molecule has 1 saturated heterocycles. The second-order valence-electron chi connectivity index (χ2n) is 5.23. The third-order valence-corrected chi connectivity index (χ3v) is 5.83. The van der Waals surface area contributed by atoms with Crippen LogP contribution >= 0.6 is 23.1 Å². The van der Waals surface area contributed by atoms with Crippen molar-refractivity contribution in [2.45, 2.75) is 23.3 Å². The normalized spacial score (nSPS) is 18.2. The van der Waals surface area contributed by atoms with Gasteiger partial charge < -0.3 is 15.0 Å². The van der Waals surface area contributed by atoms with E-state index in [1.807, 2.05) is 17.7 Å². The summed E-state index contributed by atoms with van der Waals surface area (Å²) in [7, 11) is 4.16. The zero-order valence-corrected chi connectivity index (χ0v) is 13.9. The molecule has 1 aliphatic rings. The lowest BCUT2D eigenvalue weighted by atomic mass is 9.88. The molecule has 1 N–H and O–H groups in total. The van der Waals surface area contributed by atoms with Crippen molar-refractivity contribution in [2.75, 3.05) is 40.1 Å². The number of nitrogens with zero attached hydrogens (tertiary/aromatic N) is 1. The van der Waals surface area contributed by atoms with Crippen molar-refractivity contribution in [3.8, 4) is 0 Å². The summed E-state index contributed by atoms with van der Waals surface area (Å²) in [5.41, 5.74) is 0.0185. The third kappa shape index (κ3) is 3.36. The lowest BCUT2D eigenvalue weighted by molar-refractivity contribution is -0.00657. The highest BCUT2D eigenvalue weighted by Crippen LogP contribution is 2.27. The first kappa shape index (κ1) is 15.8. The Morgan fingerprint density at radius 2 is 2.20 bits per heavy atom. The van der Waals surface area contributed by atoms with E-state index >= 15 is 0 Å². The van der Waals surface area contributed by atoms with E-state index in [-0.39, 0.29) is 11.4 Å². The minimum Gasteiger partial charge on any atom is -0.381 e. The summed E-state index contributed by atoms with van der Waals surface area (Å²) in [5, 5.41) is 5.08. The number of thioether (sulfide) groups is 1. The largest absolute Gasteiger partial charge is 0.381 e. The van der Waals surface area contributed by atoms with Crippen molar-refractivity contribution in [3.05, 3.63) is 16.3 Å². The molecule has 1 fully saturated rings. The summed E-state index contributed by atoms with van der Waals surface area (Å²) < 4.78 is 5.45. The van der Waals surface area contributed by atoms with Gasteiger partial charge in [-0.2, -0.15) is 0 Å². The molecule has 0 spiro atoms. The third-order valence-electron chi connectivity index (χ3n) is 4.01. The average Bonchev–Trinajstić information content (AvgIpc) is 2.94. The number of thiophene rings is 1. The highest BCUT2D eigenvalue weighted by Gasteiger charge is 2.35. The monoisotopic (exact) mass is 314 g/mol. The highest BCUT2D eigenvalue weighted by molar-refractivity contribution is 7.98. The van der Waals surface area contributed by atoms with Gasteiger partial charge in [-0.15, -0.1) is 23.1 Å². The zero-order chi connectivity index (χ0) is 14.6. The minimum atomic E-state index is 0.0185. The maximum atomic E-state index is 12.3. The molecule has 2 heterocycles. The predicted octanol–water partition coefficient (Wildman–Crippen LogP) is 2.31. The van der Waals surface area contributed by atoms with Gasteiger partial charge in [-0.05, 0) is 44.6 Å².